The van der Waals surface area contributed by atoms with Crippen LogP contribution in [0.5, 0.6) is 5.75 Å². The van der Waals surface area contributed by atoms with Crippen LogP contribution in [0.4, 0.5) is 13.2 Å². The first-order valence-electron chi connectivity index (χ1n) is 12.4. The Balaban J connectivity index is 1.46. The van der Waals surface area contributed by atoms with Gasteiger partial charge in [0.2, 0.25) is 5.91 Å². The molecule has 0 N–H and O–H groups in total. The average molecular weight is 545 g/mol. The Morgan fingerprint density at radius 1 is 1.10 bits per heavy atom. The van der Waals surface area contributed by atoms with Gasteiger partial charge in [-0.25, -0.2) is 0 Å². The molecule has 0 saturated heterocycles. The second-order valence-corrected chi connectivity index (χ2v) is 9.10. The van der Waals surface area contributed by atoms with Crippen LogP contribution in [0.15, 0.2) is 41.1 Å². The van der Waals surface area contributed by atoms with Crippen LogP contribution in [-0.2, 0) is 28.5 Å². The van der Waals surface area contributed by atoms with Crippen molar-refractivity contribution in [3.8, 4) is 5.75 Å². The second-order valence-electron chi connectivity index (χ2n) is 9.10. The molecule has 11 heteroatoms. The van der Waals surface area contributed by atoms with Gasteiger partial charge in [0, 0.05) is 42.1 Å². The maximum Gasteiger partial charge on any atom is 0.437 e. The molecule has 0 atom stereocenters. The Morgan fingerprint density at radius 3 is 2.51 bits per heavy atom. The van der Waals surface area contributed by atoms with Crippen LogP contribution in [0.3, 0.4) is 0 Å². The molecule has 2 heterocycles. The molecule has 39 heavy (non-hydrogen) atoms. The van der Waals surface area contributed by atoms with Gasteiger partial charge in [-0.15, -0.1) is 0 Å². The van der Waals surface area contributed by atoms with Crippen molar-refractivity contribution in [2.24, 2.45) is 0 Å². The standard InChI is InChI=1S/C28H27F3N2O6/c1-4-6-21-20(10-11-22-26(21)39-32-27(22)28(29,30)31)24(35)7-5-12-38-18-8-9-19-17(13-25(36)37-3)15-33(16(2)34)23(19)14-18/h8-11,14-15H,4-7,12-13H2,1-3H3. The van der Waals surface area contributed by atoms with E-state index in [-0.39, 0.29) is 42.1 Å². The highest BCUT2D eigenvalue weighted by Gasteiger charge is 2.37. The van der Waals surface area contributed by atoms with Gasteiger partial charge in [0.05, 0.1) is 31.0 Å². The van der Waals surface area contributed by atoms with Crippen molar-refractivity contribution < 1.29 is 41.6 Å². The van der Waals surface area contributed by atoms with Gasteiger partial charge < -0.3 is 14.0 Å². The molecule has 0 unspecified atom stereocenters. The number of halogens is 3. The van der Waals surface area contributed by atoms with E-state index in [2.05, 4.69) is 5.16 Å². The molecule has 206 valence electrons. The summed E-state index contributed by atoms with van der Waals surface area (Å²) < 4.78 is 56.7. The number of hydrogen-bond acceptors (Lipinski definition) is 7. The number of fused-ring (bicyclic) bond motifs is 2. The van der Waals surface area contributed by atoms with Crippen molar-refractivity contribution in [1.82, 2.24) is 9.72 Å². The molecular formula is C28H27F3N2O6. The van der Waals surface area contributed by atoms with Gasteiger partial charge in [0.1, 0.15) is 5.75 Å². The largest absolute Gasteiger partial charge is 0.494 e. The van der Waals surface area contributed by atoms with E-state index in [4.69, 9.17) is 14.0 Å². The number of ether oxygens (including phenoxy) is 2. The van der Waals surface area contributed by atoms with E-state index in [1.165, 1.54) is 30.7 Å². The number of hydrogen-bond donors (Lipinski definition) is 0. The number of nitrogens with zero attached hydrogens (tertiary/aromatic N) is 2. The molecule has 4 aromatic rings. The maximum atomic E-state index is 13.2. The molecule has 0 bridgehead atoms. The Labute approximate surface area is 221 Å². The van der Waals surface area contributed by atoms with Gasteiger partial charge in [0.25, 0.3) is 0 Å². The van der Waals surface area contributed by atoms with Gasteiger partial charge in [-0.3, -0.25) is 19.0 Å². The average Bonchev–Trinajstić information content (AvgIpc) is 3.49. The van der Waals surface area contributed by atoms with Crippen molar-refractivity contribution >= 4 is 39.5 Å². The van der Waals surface area contributed by atoms with Crippen molar-refractivity contribution in [1.29, 1.82) is 0 Å². The lowest BCUT2D eigenvalue weighted by Crippen LogP contribution is -2.08. The Hall–Kier alpha value is -4.15. The van der Waals surface area contributed by atoms with Crippen LogP contribution in [0.2, 0.25) is 0 Å². The van der Waals surface area contributed by atoms with E-state index in [1.54, 1.807) is 24.4 Å². The van der Waals surface area contributed by atoms with Gasteiger partial charge in [-0.1, -0.05) is 24.6 Å². The fraction of sp³-hybridized carbons (Fsp3) is 0.357. The summed E-state index contributed by atoms with van der Waals surface area (Å²) in [5, 5.41) is 3.76. The predicted octanol–water partition coefficient (Wildman–Crippen LogP) is 6.17. The number of methoxy groups -OCH3 is 1. The molecule has 2 aromatic heterocycles. The van der Waals surface area contributed by atoms with Crippen LogP contribution in [-0.4, -0.2) is 41.1 Å². The zero-order valence-corrected chi connectivity index (χ0v) is 21.7. The number of aromatic nitrogens is 2. The topological polar surface area (TPSA) is 101 Å². The summed E-state index contributed by atoms with van der Waals surface area (Å²) in [5.41, 5.74) is 0.846. The molecule has 0 fully saturated rings. The normalized spacial score (nSPS) is 11.7. The number of alkyl halides is 3. The molecule has 0 saturated carbocycles. The third-order valence-electron chi connectivity index (χ3n) is 6.39. The number of ketones is 1. The van der Waals surface area contributed by atoms with E-state index < -0.39 is 17.8 Å². The smallest absolute Gasteiger partial charge is 0.437 e. The van der Waals surface area contributed by atoms with Crippen LogP contribution in [0.1, 0.15) is 65.1 Å². The molecular weight excluding hydrogens is 517 g/mol. The first-order chi connectivity index (χ1) is 18.5. The van der Waals surface area contributed by atoms with E-state index in [0.717, 1.165) is 5.39 Å². The third kappa shape index (κ3) is 5.81. The quantitative estimate of drug-likeness (QED) is 0.134. The van der Waals surface area contributed by atoms with Crippen molar-refractivity contribution in [3.05, 3.63) is 58.9 Å². The molecule has 0 aliphatic carbocycles. The monoisotopic (exact) mass is 544 g/mol. The van der Waals surface area contributed by atoms with E-state index in [0.29, 0.717) is 47.2 Å². The SMILES string of the molecule is CCCc1c(C(=O)CCCOc2ccc3c(CC(=O)OC)cn(C(C)=O)c3c2)ccc2c(C(F)(F)F)noc12. The summed E-state index contributed by atoms with van der Waals surface area (Å²) in [6.07, 6.45) is -1.60. The zero-order chi connectivity index (χ0) is 28.3. The summed E-state index contributed by atoms with van der Waals surface area (Å²) in [5.74, 6) is -0.405. The number of rotatable bonds is 10. The van der Waals surface area contributed by atoms with Gasteiger partial charge in [0.15, 0.2) is 17.1 Å². The summed E-state index contributed by atoms with van der Waals surface area (Å²) in [7, 11) is 1.30. The lowest BCUT2D eigenvalue weighted by atomic mass is 9.95. The lowest BCUT2D eigenvalue weighted by Gasteiger charge is -2.10. The molecule has 8 nitrogen and oxygen atoms in total. The fourth-order valence-corrected chi connectivity index (χ4v) is 4.58. The minimum absolute atomic E-state index is 0.0142. The van der Waals surface area contributed by atoms with Crippen molar-refractivity contribution in [2.75, 3.05) is 13.7 Å². The maximum absolute atomic E-state index is 13.2. The summed E-state index contributed by atoms with van der Waals surface area (Å²) in [6, 6.07) is 7.79. The molecule has 0 radical (unpaired) electrons. The first-order valence-corrected chi connectivity index (χ1v) is 12.4. The Kier molecular flexibility index (Phi) is 8.08. The number of carbonyl (C=O) groups excluding carboxylic acids is 3. The van der Waals surface area contributed by atoms with E-state index in [9.17, 15) is 27.6 Å². The van der Waals surface area contributed by atoms with Crippen LogP contribution < -0.4 is 4.74 Å². The second kappa shape index (κ2) is 11.3. The fourth-order valence-electron chi connectivity index (χ4n) is 4.58. The molecule has 0 aliphatic rings. The summed E-state index contributed by atoms with van der Waals surface area (Å²) in [4.78, 5) is 36.9. The number of carbonyl (C=O) groups is 3. The molecule has 0 aliphatic heterocycles. The van der Waals surface area contributed by atoms with Crippen LogP contribution >= 0.6 is 0 Å². The highest BCUT2D eigenvalue weighted by atomic mass is 19.4. The molecule has 2 aromatic carbocycles. The summed E-state index contributed by atoms with van der Waals surface area (Å²) >= 11 is 0. The zero-order valence-electron chi connectivity index (χ0n) is 21.7. The minimum atomic E-state index is -4.66. The number of benzene rings is 2. The molecule has 4 rings (SSSR count). The van der Waals surface area contributed by atoms with Crippen LogP contribution in [0, 0.1) is 0 Å². The Morgan fingerprint density at radius 2 is 1.85 bits per heavy atom. The van der Waals surface area contributed by atoms with Gasteiger partial charge >= 0.3 is 12.1 Å². The first kappa shape index (κ1) is 27.9. The Bertz CT molecular complexity index is 1550. The lowest BCUT2D eigenvalue weighted by molar-refractivity contribution is -0.141. The minimum Gasteiger partial charge on any atom is -0.494 e. The highest BCUT2D eigenvalue weighted by Crippen LogP contribution is 2.36. The van der Waals surface area contributed by atoms with Crippen molar-refractivity contribution in [2.45, 2.75) is 52.1 Å². The molecule has 0 spiro atoms. The van der Waals surface area contributed by atoms with Crippen LogP contribution in [0.25, 0.3) is 21.9 Å². The van der Waals surface area contributed by atoms with Gasteiger partial charge in [-0.05, 0) is 36.6 Å². The highest BCUT2D eigenvalue weighted by molar-refractivity contribution is 6.02. The number of esters is 1. The van der Waals surface area contributed by atoms with Gasteiger partial charge in [-0.2, -0.15) is 13.2 Å². The number of Topliss-reactive ketones (excluding diaryl/α,β-unsaturated/α-hetero) is 1. The molecule has 0 amide bonds. The third-order valence-corrected chi connectivity index (χ3v) is 6.39. The van der Waals surface area contributed by atoms with E-state index in [1.807, 2.05) is 6.92 Å². The van der Waals surface area contributed by atoms with Crippen molar-refractivity contribution in [3.63, 3.8) is 0 Å². The number of aryl methyl sites for hydroxylation is 1. The van der Waals surface area contributed by atoms with E-state index >= 15 is 0 Å². The predicted molar refractivity (Wildman–Crippen MR) is 136 cm³/mol. The summed E-state index contributed by atoms with van der Waals surface area (Å²) in [6.45, 7) is 3.46.